The first-order valence-corrected chi connectivity index (χ1v) is 5.98. The van der Waals surface area contributed by atoms with Gasteiger partial charge >= 0.3 is 5.97 Å². The molecule has 5 N–H and O–H groups in total. The third kappa shape index (κ3) is 5.07. The fraction of sp³-hybridized carbons (Fsp3) is 0.385. The van der Waals surface area contributed by atoms with Gasteiger partial charge in [0.15, 0.2) is 0 Å². The molecular formula is C13H18N2O4. The number of hydrogen-bond acceptors (Lipinski definition) is 4. The van der Waals surface area contributed by atoms with Crippen LogP contribution in [0, 0.1) is 0 Å². The minimum Gasteiger partial charge on any atom is -0.480 e. The Labute approximate surface area is 111 Å². The topological polar surface area (TPSA) is 113 Å². The van der Waals surface area contributed by atoms with Crippen molar-refractivity contribution in [3.63, 3.8) is 0 Å². The second-order valence-electron chi connectivity index (χ2n) is 4.21. The molecule has 0 aliphatic rings. The zero-order chi connectivity index (χ0) is 14.3. The molecule has 104 valence electrons. The molecule has 2 atom stereocenters. The average molecular weight is 266 g/mol. The maximum Gasteiger partial charge on any atom is 0.326 e. The van der Waals surface area contributed by atoms with Crippen LogP contribution in [0.15, 0.2) is 30.3 Å². The highest BCUT2D eigenvalue weighted by molar-refractivity contribution is 5.86. The van der Waals surface area contributed by atoms with E-state index in [9.17, 15) is 9.59 Å². The normalized spacial score (nSPS) is 13.6. The molecule has 1 rings (SSSR count). The summed E-state index contributed by atoms with van der Waals surface area (Å²) in [7, 11) is 0. The number of carboxylic acid groups (broad SMARTS) is 1. The number of rotatable bonds is 7. The maximum atomic E-state index is 11.4. The molecule has 1 aromatic carbocycles. The van der Waals surface area contributed by atoms with Gasteiger partial charge in [-0.3, -0.25) is 4.79 Å². The predicted molar refractivity (Wildman–Crippen MR) is 69.4 cm³/mol. The van der Waals surface area contributed by atoms with Gasteiger partial charge in [0.05, 0.1) is 6.61 Å². The van der Waals surface area contributed by atoms with Gasteiger partial charge in [-0.15, -0.1) is 0 Å². The summed E-state index contributed by atoms with van der Waals surface area (Å²) in [5, 5.41) is 20.1. The van der Waals surface area contributed by atoms with Gasteiger partial charge in [0.2, 0.25) is 5.91 Å². The fourth-order valence-corrected chi connectivity index (χ4v) is 1.57. The monoisotopic (exact) mass is 266 g/mol. The van der Waals surface area contributed by atoms with Crippen LogP contribution in [0.25, 0.3) is 0 Å². The molecule has 0 aliphatic heterocycles. The SMILES string of the molecule is N[C@@H](CO)C(=O)N[C@@H](CCc1ccccc1)C(=O)O. The third-order valence-electron chi connectivity index (χ3n) is 2.71. The second-order valence-corrected chi connectivity index (χ2v) is 4.21. The number of nitrogens with one attached hydrogen (secondary N) is 1. The van der Waals surface area contributed by atoms with Crippen molar-refractivity contribution in [3.8, 4) is 0 Å². The molecule has 0 unspecified atom stereocenters. The highest BCUT2D eigenvalue weighted by Gasteiger charge is 2.22. The van der Waals surface area contributed by atoms with Crippen molar-refractivity contribution in [1.82, 2.24) is 5.32 Å². The van der Waals surface area contributed by atoms with Gasteiger partial charge in [-0.1, -0.05) is 30.3 Å². The van der Waals surface area contributed by atoms with Gasteiger partial charge in [0, 0.05) is 0 Å². The Kier molecular flexibility index (Phi) is 5.98. The van der Waals surface area contributed by atoms with Gasteiger partial charge in [-0.25, -0.2) is 4.79 Å². The van der Waals surface area contributed by atoms with Crippen LogP contribution in [0.4, 0.5) is 0 Å². The highest BCUT2D eigenvalue weighted by Crippen LogP contribution is 2.05. The number of aliphatic hydroxyl groups is 1. The van der Waals surface area contributed by atoms with Gasteiger partial charge in [0.25, 0.3) is 0 Å². The van der Waals surface area contributed by atoms with Crippen molar-refractivity contribution in [2.24, 2.45) is 5.73 Å². The quantitative estimate of drug-likeness (QED) is 0.532. The van der Waals surface area contributed by atoms with Crippen molar-refractivity contribution in [3.05, 3.63) is 35.9 Å². The average Bonchev–Trinajstić information content (AvgIpc) is 2.42. The molecule has 19 heavy (non-hydrogen) atoms. The Morgan fingerprint density at radius 1 is 1.26 bits per heavy atom. The van der Waals surface area contributed by atoms with Crippen LogP contribution in [0.1, 0.15) is 12.0 Å². The second kappa shape index (κ2) is 7.50. The Bertz CT molecular complexity index is 422. The Morgan fingerprint density at radius 3 is 2.42 bits per heavy atom. The van der Waals surface area contributed by atoms with E-state index in [0.29, 0.717) is 6.42 Å². The molecule has 0 aromatic heterocycles. The number of aliphatic hydroxyl groups excluding tert-OH is 1. The summed E-state index contributed by atoms with van der Waals surface area (Å²) in [6.07, 6.45) is 0.801. The molecule has 0 fully saturated rings. The van der Waals surface area contributed by atoms with Crippen LogP contribution in [-0.4, -0.2) is 40.8 Å². The van der Waals surface area contributed by atoms with E-state index in [1.807, 2.05) is 30.3 Å². The molecule has 6 nitrogen and oxygen atoms in total. The van der Waals surface area contributed by atoms with Gasteiger partial charge in [-0.2, -0.15) is 0 Å². The zero-order valence-corrected chi connectivity index (χ0v) is 10.5. The summed E-state index contributed by atoms with van der Waals surface area (Å²) in [5.41, 5.74) is 6.31. The summed E-state index contributed by atoms with van der Waals surface area (Å²) >= 11 is 0. The first-order valence-electron chi connectivity index (χ1n) is 5.98. The minimum absolute atomic E-state index is 0.267. The molecule has 0 saturated heterocycles. The number of hydrogen-bond donors (Lipinski definition) is 4. The lowest BCUT2D eigenvalue weighted by atomic mass is 10.0. The van der Waals surface area contributed by atoms with E-state index >= 15 is 0 Å². The predicted octanol–water partition coefficient (Wildman–Crippen LogP) is -0.492. The largest absolute Gasteiger partial charge is 0.480 e. The van der Waals surface area contributed by atoms with Crippen LogP contribution in [0.2, 0.25) is 0 Å². The van der Waals surface area contributed by atoms with Crippen molar-refractivity contribution in [1.29, 1.82) is 0 Å². The summed E-state index contributed by atoms with van der Waals surface area (Å²) in [4.78, 5) is 22.5. The molecule has 0 radical (unpaired) electrons. The van der Waals surface area contributed by atoms with E-state index in [0.717, 1.165) is 5.56 Å². The lowest BCUT2D eigenvalue weighted by Crippen LogP contribution is -2.49. The standard InChI is InChI=1S/C13H18N2O4/c14-10(8-16)12(17)15-11(13(18)19)7-6-9-4-2-1-3-5-9/h1-5,10-11,16H,6-8,14H2,(H,15,17)(H,18,19)/t10-,11-/m0/s1. The van der Waals surface area contributed by atoms with Crippen molar-refractivity contribution in [2.45, 2.75) is 24.9 Å². The third-order valence-corrected chi connectivity index (χ3v) is 2.71. The lowest BCUT2D eigenvalue weighted by molar-refractivity contribution is -0.142. The first-order chi connectivity index (χ1) is 9.04. The molecular weight excluding hydrogens is 248 g/mol. The van der Waals surface area contributed by atoms with Crippen LogP contribution in [0.3, 0.4) is 0 Å². The Morgan fingerprint density at radius 2 is 1.89 bits per heavy atom. The molecule has 0 spiro atoms. The summed E-state index contributed by atoms with van der Waals surface area (Å²) in [5.74, 6) is -1.78. The van der Waals surface area contributed by atoms with Crippen LogP contribution >= 0.6 is 0 Å². The Balaban J connectivity index is 2.54. The number of aryl methyl sites for hydroxylation is 1. The van der Waals surface area contributed by atoms with Crippen LogP contribution in [-0.2, 0) is 16.0 Å². The molecule has 0 saturated carbocycles. The van der Waals surface area contributed by atoms with Crippen LogP contribution in [0.5, 0.6) is 0 Å². The lowest BCUT2D eigenvalue weighted by Gasteiger charge is -2.16. The van der Waals surface area contributed by atoms with E-state index in [1.54, 1.807) is 0 Å². The van der Waals surface area contributed by atoms with Crippen molar-refractivity contribution < 1.29 is 19.8 Å². The molecule has 1 aromatic rings. The first kappa shape index (κ1) is 15.1. The maximum absolute atomic E-state index is 11.4. The van der Waals surface area contributed by atoms with E-state index in [2.05, 4.69) is 5.32 Å². The molecule has 0 aliphatic carbocycles. The van der Waals surface area contributed by atoms with Crippen molar-refractivity contribution in [2.75, 3.05) is 6.61 Å². The number of nitrogens with two attached hydrogens (primary N) is 1. The summed E-state index contributed by atoms with van der Waals surface area (Å²) in [6, 6.07) is 7.28. The summed E-state index contributed by atoms with van der Waals surface area (Å²) in [6.45, 7) is -0.517. The van der Waals surface area contributed by atoms with E-state index in [4.69, 9.17) is 15.9 Å². The van der Waals surface area contributed by atoms with Crippen molar-refractivity contribution >= 4 is 11.9 Å². The van der Waals surface area contributed by atoms with Crippen LogP contribution < -0.4 is 11.1 Å². The molecule has 6 heteroatoms. The zero-order valence-electron chi connectivity index (χ0n) is 10.5. The van der Waals surface area contributed by atoms with Gasteiger partial charge < -0.3 is 21.3 Å². The summed E-state index contributed by atoms with van der Waals surface area (Å²) < 4.78 is 0. The fourth-order valence-electron chi connectivity index (χ4n) is 1.57. The number of carbonyl (C=O) groups is 2. The molecule has 0 bridgehead atoms. The van der Waals surface area contributed by atoms with E-state index < -0.39 is 30.6 Å². The number of benzene rings is 1. The molecule has 1 amide bonds. The van der Waals surface area contributed by atoms with E-state index in [1.165, 1.54) is 0 Å². The minimum atomic E-state index is -1.12. The number of carbonyl (C=O) groups excluding carboxylic acids is 1. The number of aliphatic carboxylic acids is 1. The van der Waals surface area contributed by atoms with Gasteiger partial charge in [-0.05, 0) is 18.4 Å². The van der Waals surface area contributed by atoms with Gasteiger partial charge in [0.1, 0.15) is 12.1 Å². The highest BCUT2D eigenvalue weighted by atomic mass is 16.4. The number of carboxylic acids is 1. The smallest absolute Gasteiger partial charge is 0.326 e. The molecule has 0 heterocycles. The Hall–Kier alpha value is -1.92. The van der Waals surface area contributed by atoms with E-state index in [-0.39, 0.29) is 6.42 Å². The number of amides is 1.